The van der Waals surface area contributed by atoms with Crippen molar-refractivity contribution in [3.05, 3.63) is 70.2 Å². The van der Waals surface area contributed by atoms with E-state index in [0.29, 0.717) is 0 Å². The van der Waals surface area contributed by atoms with Crippen LogP contribution in [0.2, 0.25) is 0 Å². The van der Waals surface area contributed by atoms with E-state index in [2.05, 4.69) is 72.7 Å². The molecule has 2 aromatic carbocycles. The number of nitrogens with zero attached hydrogens (tertiary/aromatic N) is 1. The van der Waals surface area contributed by atoms with Gasteiger partial charge in [0, 0.05) is 16.1 Å². The fourth-order valence-electron chi connectivity index (χ4n) is 2.42. The SMILES string of the molecule is Cc1nc(C)c(CNc2ccccc2-c2ccccc2)s1. The number of benzene rings is 2. The van der Waals surface area contributed by atoms with Crippen LogP contribution in [-0.4, -0.2) is 4.98 Å². The highest BCUT2D eigenvalue weighted by Gasteiger charge is 2.07. The summed E-state index contributed by atoms with van der Waals surface area (Å²) < 4.78 is 0. The smallest absolute Gasteiger partial charge is 0.0900 e. The third kappa shape index (κ3) is 3.14. The average Bonchev–Trinajstić information content (AvgIpc) is 2.84. The Morgan fingerprint density at radius 1 is 0.952 bits per heavy atom. The van der Waals surface area contributed by atoms with Crippen LogP contribution >= 0.6 is 11.3 Å². The summed E-state index contributed by atoms with van der Waals surface area (Å²) in [6.07, 6.45) is 0. The van der Waals surface area contributed by atoms with E-state index in [1.54, 1.807) is 11.3 Å². The molecule has 3 rings (SSSR count). The van der Waals surface area contributed by atoms with Gasteiger partial charge in [0.25, 0.3) is 0 Å². The van der Waals surface area contributed by atoms with Gasteiger partial charge in [-0.1, -0.05) is 48.5 Å². The molecule has 0 saturated carbocycles. The van der Waals surface area contributed by atoms with E-state index in [-0.39, 0.29) is 0 Å². The zero-order valence-corrected chi connectivity index (χ0v) is 13.1. The summed E-state index contributed by atoms with van der Waals surface area (Å²) in [5, 5.41) is 4.68. The molecule has 0 radical (unpaired) electrons. The van der Waals surface area contributed by atoms with Crippen LogP contribution in [0.5, 0.6) is 0 Å². The van der Waals surface area contributed by atoms with Crippen molar-refractivity contribution in [3.63, 3.8) is 0 Å². The van der Waals surface area contributed by atoms with E-state index in [9.17, 15) is 0 Å². The molecule has 0 aliphatic heterocycles. The average molecular weight is 294 g/mol. The highest BCUT2D eigenvalue weighted by atomic mass is 32.1. The molecule has 0 atom stereocenters. The lowest BCUT2D eigenvalue weighted by atomic mass is 10.0. The predicted octanol–water partition coefficient (Wildman–Crippen LogP) is 5.04. The zero-order chi connectivity index (χ0) is 14.7. The maximum absolute atomic E-state index is 4.48. The van der Waals surface area contributed by atoms with Crippen molar-refractivity contribution in [2.24, 2.45) is 0 Å². The van der Waals surface area contributed by atoms with E-state index >= 15 is 0 Å². The summed E-state index contributed by atoms with van der Waals surface area (Å²) in [5.41, 5.74) is 4.76. The Kier molecular flexibility index (Phi) is 4.02. The molecular weight excluding hydrogens is 276 g/mol. The topological polar surface area (TPSA) is 24.9 Å². The van der Waals surface area contributed by atoms with Gasteiger partial charge in [-0.25, -0.2) is 4.98 Å². The van der Waals surface area contributed by atoms with Crippen LogP contribution < -0.4 is 5.32 Å². The molecule has 0 amide bonds. The molecule has 0 spiro atoms. The van der Waals surface area contributed by atoms with Crippen LogP contribution in [0.15, 0.2) is 54.6 Å². The van der Waals surface area contributed by atoms with E-state index in [1.807, 2.05) is 6.07 Å². The summed E-state index contributed by atoms with van der Waals surface area (Å²) in [6, 6.07) is 18.9. The number of aryl methyl sites for hydroxylation is 2. The van der Waals surface area contributed by atoms with Gasteiger partial charge in [-0.05, 0) is 25.5 Å². The van der Waals surface area contributed by atoms with Gasteiger partial charge < -0.3 is 5.32 Å². The van der Waals surface area contributed by atoms with Gasteiger partial charge in [0.15, 0.2) is 0 Å². The molecule has 0 unspecified atom stereocenters. The number of aromatic nitrogens is 1. The number of nitrogens with one attached hydrogen (secondary N) is 1. The van der Waals surface area contributed by atoms with E-state index in [4.69, 9.17) is 0 Å². The Hall–Kier alpha value is -2.13. The van der Waals surface area contributed by atoms with Crippen LogP contribution in [0.25, 0.3) is 11.1 Å². The molecule has 0 saturated heterocycles. The van der Waals surface area contributed by atoms with Crippen LogP contribution in [0, 0.1) is 13.8 Å². The van der Waals surface area contributed by atoms with Gasteiger partial charge in [0.2, 0.25) is 0 Å². The molecule has 106 valence electrons. The van der Waals surface area contributed by atoms with E-state index in [1.165, 1.54) is 16.0 Å². The van der Waals surface area contributed by atoms with Gasteiger partial charge in [0.05, 0.1) is 17.2 Å². The Balaban J connectivity index is 1.85. The van der Waals surface area contributed by atoms with Gasteiger partial charge in [-0.3, -0.25) is 0 Å². The highest BCUT2D eigenvalue weighted by molar-refractivity contribution is 7.11. The number of hydrogen-bond donors (Lipinski definition) is 1. The van der Waals surface area contributed by atoms with Crippen molar-refractivity contribution in [1.82, 2.24) is 4.98 Å². The maximum Gasteiger partial charge on any atom is 0.0900 e. The van der Waals surface area contributed by atoms with Crippen molar-refractivity contribution in [2.75, 3.05) is 5.32 Å². The second-order valence-electron chi connectivity index (χ2n) is 5.01. The zero-order valence-electron chi connectivity index (χ0n) is 12.3. The Bertz CT molecular complexity index is 732. The number of para-hydroxylation sites is 1. The molecule has 2 nitrogen and oxygen atoms in total. The summed E-state index contributed by atoms with van der Waals surface area (Å²) in [5.74, 6) is 0. The predicted molar refractivity (Wildman–Crippen MR) is 90.8 cm³/mol. The van der Waals surface area contributed by atoms with Crippen molar-refractivity contribution in [2.45, 2.75) is 20.4 Å². The fourth-order valence-corrected chi connectivity index (χ4v) is 3.30. The van der Waals surface area contributed by atoms with E-state index in [0.717, 1.165) is 22.9 Å². The summed E-state index contributed by atoms with van der Waals surface area (Å²) in [6.45, 7) is 4.95. The maximum atomic E-state index is 4.48. The van der Waals surface area contributed by atoms with Gasteiger partial charge in [0.1, 0.15) is 0 Å². The van der Waals surface area contributed by atoms with Crippen LogP contribution in [-0.2, 0) is 6.54 Å². The largest absolute Gasteiger partial charge is 0.380 e. The number of thiazole rings is 1. The second-order valence-corrected chi connectivity index (χ2v) is 6.29. The highest BCUT2D eigenvalue weighted by Crippen LogP contribution is 2.28. The minimum Gasteiger partial charge on any atom is -0.380 e. The van der Waals surface area contributed by atoms with Crippen molar-refractivity contribution in [1.29, 1.82) is 0 Å². The minimum atomic E-state index is 0.821. The quantitative estimate of drug-likeness (QED) is 0.729. The molecule has 0 aliphatic rings. The Labute approximate surface area is 129 Å². The molecule has 21 heavy (non-hydrogen) atoms. The standard InChI is InChI=1S/C18H18N2S/c1-13-18(21-14(2)20-13)12-19-17-11-7-6-10-16(17)15-8-4-3-5-9-15/h3-11,19H,12H2,1-2H3. The first kappa shape index (κ1) is 13.8. The van der Waals surface area contributed by atoms with Gasteiger partial charge in [-0.2, -0.15) is 0 Å². The van der Waals surface area contributed by atoms with Crippen LogP contribution in [0.4, 0.5) is 5.69 Å². The molecule has 0 bridgehead atoms. The number of hydrogen-bond acceptors (Lipinski definition) is 3. The fraction of sp³-hybridized carbons (Fsp3) is 0.167. The number of anilines is 1. The molecule has 1 aromatic heterocycles. The summed E-state index contributed by atoms with van der Waals surface area (Å²) >= 11 is 1.76. The Morgan fingerprint density at radius 3 is 2.38 bits per heavy atom. The Morgan fingerprint density at radius 2 is 1.67 bits per heavy atom. The molecule has 1 N–H and O–H groups in total. The first-order valence-corrected chi connectivity index (χ1v) is 7.87. The van der Waals surface area contributed by atoms with Gasteiger partial charge >= 0.3 is 0 Å². The minimum absolute atomic E-state index is 0.821. The second kappa shape index (κ2) is 6.10. The van der Waals surface area contributed by atoms with Gasteiger partial charge in [-0.15, -0.1) is 11.3 Å². The van der Waals surface area contributed by atoms with Crippen LogP contribution in [0.1, 0.15) is 15.6 Å². The number of rotatable bonds is 4. The monoisotopic (exact) mass is 294 g/mol. The molecule has 3 aromatic rings. The summed E-state index contributed by atoms with van der Waals surface area (Å²) in [7, 11) is 0. The molecule has 3 heteroatoms. The lowest BCUT2D eigenvalue weighted by molar-refractivity contribution is 1.11. The molecule has 0 fully saturated rings. The summed E-state index contributed by atoms with van der Waals surface area (Å²) in [4.78, 5) is 5.78. The van der Waals surface area contributed by atoms with Crippen LogP contribution in [0.3, 0.4) is 0 Å². The lowest BCUT2D eigenvalue weighted by Crippen LogP contribution is -2.00. The first-order chi connectivity index (χ1) is 10.2. The molecule has 1 heterocycles. The molecular formula is C18H18N2S. The van der Waals surface area contributed by atoms with Crippen molar-refractivity contribution >= 4 is 17.0 Å². The first-order valence-electron chi connectivity index (χ1n) is 7.05. The van der Waals surface area contributed by atoms with Crippen molar-refractivity contribution in [3.8, 4) is 11.1 Å². The molecule has 0 aliphatic carbocycles. The van der Waals surface area contributed by atoms with E-state index < -0.39 is 0 Å². The third-order valence-corrected chi connectivity index (χ3v) is 4.52. The third-order valence-electron chi connectivity index (χ3n) is 3.45. The normalized spacial score (nSPS) is 10.6. The van der Waals surface area contributed by atoms with Crippen molar-refractivity contribution < 1.29 is 0 Å². The lowest BCUT2D eigenvalue weighted by Gasteiger charge is -2.11.